The van der Waals surface area contributed by atoms with Crippen molar-refractivity contribution in [1.82, 2.24) is 0 Å². The Morgan fingerprint density at radius 3 is 1.89 bits per heavy atom. The van der Waals surface area contributed by atoms with Crippen LogP contribution in [0.25, 0.3) is 0 Å². The van der Waals surface area contributed by atoms with Crippen LogP contribution in [0.2, 0.25) is 0 Å². The number of fused-ring (bicyclic) bond motifs is 1. The van der Waals surface area contributed by atoms with Gasteiger partial charge in [0.15, 0.2) is 18.6 Å². The van der Waals surface area contributed by atoms with Crippen molar-refractivity contribution in [2.24, 2.45) is 0 Å². The minimum absolute atomic E-state index is 0.492. The van der Waals surface area contributed by atoms with Gasteiger partial charge in [-0.3, -0.25) is 0 Å². The van der Waals surface area contributed by atoms with E-state index in [1.807, 2.05) is 74.5 Å². The second-order valence-electron chi connectivity index (χ2n) is 6.95. The zero-order chi connectivity index (χ0) is 19.9. The molecule has 0 fully saturated rings. The van der Waals surface area contributed by atoms with Gasteiger partial charge in [0.05, 0.1) is 11.6 Å². The molecule has 0 aliphatic carbocycles. The van der Waals surface area contributed by atoms with Crippen LogP contribution < -0.4 is 30.1 Å². The molecule has 144 valence electrons. The highest BCUT2D eigenvalue weighted by atomic mass is 79.9. The number of benzene rings is 3. The molecule has 3 aromatic rings. The van der Waals surface area contributed by atoms with Crippen LogP contribution in [0.15, 0.2) is 71.2 Å². The highest BCUT2D eigenvalue weighted by molar-refractivity contribution is 9.10. The van der Waals surface area contributed by atoms with Crippen molar-refractivity contribution < 1.29 is 18.8 Å². The van der Waals surface area contributed by atoms with E-state index in [1.54, 1.807) is 13.2 Å². The summed E-state index contributed by atoms with van der Waals surface area (Å²) in [4.78, 5) is 0. The first kappa shape index (κ1) is 19.1. The van der Waals surface area contributed by atoms with Crippen molar-refractivity contribution in [3.8, 4) is 17.2 Å². The lowest BCUT2D eigenvalue weighted by Crippen LogP contribution is -2.30. The molecule has 0 aromatic heterocycles. The van der Waals surface area contributed by atoms with Gasteiger partial charge in [0.2, 0.25) is 11.5 Å². The van der Waals surface area contributed by atoms with Crippen LogP contribution in [0.5, 0.6) is 17.2 Å². The normalized spacial score (nSPS) is 14.7. The summed E-state index contributed by atoms with van der Waals surface area (Å²) in [6, 6.07) is 20.8. The number of hydrogen-bond donors (Lipinski definition) is 0. The second-order valence-corrected chi connectivity index (χ2v) is 10.5. The number of rotatable bonds is 4. The molecule has 0 bridgehead atoms. The largest absolute Gasteiger partial charge is 0.493 e. The molecule has 0 unspecified atom stereocenters. The summed E-state index contributed by atoms with van der Waals surface area (Å²) in [6.07, 6.45) is 0. The highest BCUT2D eigenvalue weighted by Crippen LogP contribution is 2.54. The molecule has 0 saturated carbocycles. The predicted octanol–water partition coefficient (Wildman–Crippen LogP) is 4.60. The fourth-order valence-corrected chi connectivity index (χ4v) is 7.21. The molecule has 1 aliphatic rings. The fraction of sp³-hybridized carbons (Fsp3) is 0.182. The van der Waals surface area contributed by atoms with Crippen molar-refractivity contribution in [2.75, 3.05) is 7.11 Å². The molecule has 0 spiro atoms. The smallest absolute Gasteiger partial charge is 0.246 e. The Hall–Kier alpha value is -2.23. The summed E-state index contributed by atoms with van der Waals surface area (Å²) in [7, 11) is -1.62. The van der Waals surface area contributed by atoms with Crippen LogP contribution in [0, 0.1) is 0 Å². The first-order chi connectivity index (χ1) is 13.4. The van der Waals surface area contributed by atoms with E-state index in [9.17, 15) is 4.57 Å². The van der Waals surface area contributed by atoms with Gasteiger partial charge in [0.1, 0.15) is 0 Å². The molecule has 3 aromatic carbocycles. The molecule has 28 heavy (non-hydrogen) atoms. The summed E-state index contributed by atoms with van der Waals surface area (Å²) in [5.41, 5.74) is 0. The third-order valence-corrected chi connectivity index (χ3v) is 8.79. The van der Waals surface area contributed by atoms with Crippen LogP contribution in [0.4, 0.5) is 0 Å². The molecule has 0 saturated heterocycles. The molecule has 0 amide bonds. The van der Waals surface area contributed by atoms with E-state index in [2.05, 4.69) is 15.9 Å². The van der Waals surface area contributed by atoms with Crippen LogP contribution in [0.1, 0.15) is 13.8 Å². The van der Waals surface area contributed by atoms with Crippen LogP contribution in [-0.4, -0.2) is 12.9 Å². The molecule has 1 aliphatic heterocycles. The van der Waals surface area contributed by atoms with Crippen molar-refractivity contribution >= 4 is 39.0 Å². The van der Waals surface area contributed by atoms with E-state index in [-0.39, 0.29) is 0 Å². The van der Waals surface area contributed by atoms with Gasteiger partial charge in [0.25, 0.3) is 0 Å². The van der Waals surface area contributed by atoms with Crippen molar-refractivity contribution in [3.63, 3.8) is 0 Å². The molecule has 4 rings (SSSR count). The topological polar surface area (TPSA) is 44.8 Å². The highest BCUT2D eigenvalue weighted by Gasteiger charge is 2.41. The van der Waals surface area contributed by atoms with E-state index in [0.29, 0.717) is 27.0 Å². The van der Waals surface area contributed by atoms with Gasteiger partial charge in [-0.25, -0.2) is 0 Å². The molecular weight excluding hydrogens is 439 g/mol. The Morgan fingerprint density at radius 1 is 0.893 bits per heavy atom. The minimum Gasteiger partial charge on any atom is -0.493 e. The maximum Gasteiger partial charge on any atom is 0.246 e. The molecule has 4 nitrogen and oxygen atoms in total. The lowest BCUT2D eigenvalue weighted by Gasteiger charge is -2.22. The molecule has 1 heterocycles. The maximum atomic E-state index is 14.7. The summed E-state index contributed by atoms with van der Waals surface area (Å²) in [5.74, 6) is 0.674. The van der Waals surface area contributed by atoms with Gasteiger partial charge in [-0.2, -0.15) is 0 Å². The van der Waals surface area contributed by atoms with Crippen molar-refractivity contribution in [2.45, 2.75) is 19.6 Å². The van der Waals surface area contributed by atoms with Gasteiger partial charge >= 0.3 is 0 Å². The Kier molecular flexibility index (Phi) is 4.76. The van der Waals surface area contributed by atoms with E-state index in [0.717, 1.165) is 10.6 Å². The lowest BCUT2D eigenvalue weighted by molar-refractivity contribution is -0.0442. The van der Waals surface area contributed by atoms with Crippen LogP contribution in [-0.2, 0) is 4.57 Å². The SMILES string of the molecule is COc1cc(P(=O)(c2ccccc2)c2ccccc2)c(Br)c2c1OC(C)(C)O2. The van der Waals surface area contributed by atoms with E-state index < -0.39 is 12.9 Å². The average Bonchev–Trinajstić information content (AvgIpc) is 3.05. The monoisotopic (exact) mass is 458 g/mol. The lowest BCUT2D eigenvalue weighted by atomic mass is 10.3. The summed E-state index contributed by atoms with van der Waals surface area (Å²) < 4.78 is 32.8. The van der Waals surface area contributed by atoms with Gasteiger partial charge in [-0.1, -0.05) is 60.7 Å². The quantitative estimate of drug-likeness (QED) is 0.535. The molecule has 0 radical (unpaired) electrons. The van der Waals surface area contributed by atoms with Crippen molar-refractivity contribution in [1.29, 1.82) is 0 Å². The molecule has 6 heteroatoms. The molecule has 0 atom stereocenters. The van der Waals surface area contributed by atoms with Crippen LogP contribution in [0.3, 0.4) is 0 Å². The summed E-state index contributed by atoms with van der Waals surface area (Å²) in [5, 5.41) is 2.09. The first-order valence-electron chi connectivity index (χ1n) is 8.87. The number of methoxy groups -OCH3 is 1. The van der Waals surface area contributed by atoms with Crippen molar-refractivity contribution in [3.05, 3.63) is 71.2 Å². The van der Waals surface area contributed by atoms with Gasteiger partial charge in [0, 0.05) is 29.8 Å². The Bertz CT molecular complexity index is 1020. The Morgan fingerprint density at radius 2 is 1.39 bits per heavy atom. The fourth-order valence-electron chi connectivity index (χ4n) is 3.37. The first-order valence-corrected chi connectivity index (χ1v) is 11.4. The molecular formula is C22H20BrO4P. The van der Waals surface area contributed by atoms with Gasteiger partial charge in [-0.05, 0) is 22.0 Å². The minimum atomic E-state index is -3.19. The zero-order valence-electron chi connectivity index (χ0n) is 15.8. The standard InChI is InChI=1S/C22H20BrO4P/c1-22(2)26-20-17(25-3)14-18(19(23)21(20)27-22)28(24,15-10-6-4-7-11-15)16-12-8-5-9-13-16/h4-14H,1-3H3. The second kappa shape index (κ2) is 6.98. The predicted molar refractivity (Wildman–Crippen MR) is 115 cm³/mol. The third kappa shape index (κ3) is 3.03. The van der Waals surface area contributed by atoms with E-state index >= 15 is 0 Å². The third-order valence-electron chi connectivity index (χ3n) is 4.62. The van der Waals surface area contributed by atoms with E-state index in [4.69, 9.17) is 14.2 Å². The summed E-state index contributed by atoms with van der Waals surface area (Å²) >= 11 is 3.64. The number of halogens is 1. The van der Waals surface area contributed by atoms with E-state index in [1.165, 1.54) is 0 Å². The van der Waals surface area contributed by atoms with Gasteiger partial charge < -0.3 is 18.8 Å². The van der Waals surface area contributed by atoms with Gasteiger partial charge in [-0.15, -0.1) is 0 Å². The Labute approximate surface area is 172 Å². The number of hydrogen-bond acceptors (Lipinski definition) is 4. The molecule has 0 N–H and O–H groups in total. The number of ether oxygens (including phenoxy) is 3. The summed E-state index contributed by atoms with van der Waals surface area (Å²) in [6.45, 7) is 3.65. The Balaban J connectivity index is 2.04. The average molecular weight is 459 g/mol. The maximum absolute atomic E-state index is 14.7. The zero-order valence-corrected chi connectivity index (χ0v) is 18.3. The van der Waals surface area contributed by atoms with Crippen LogP contribution >= 0.6 is 23.1 Å².